The second-order valence-electron chi connectivity index (χ2n) is 3.62. The number of amides is 1. The van der Waals surface area contributed by atoms with Gasteiger partial charge in [-0.05, 0) is 24.6 Å². The summed E-state index contributed by atoms with van der Waals surface area (Å²) in [6, 6.07) is 2.66. The number of anilines is 1. The summed E-state index contributed by atoms with van der Waals surface area (Å²) in [4.78, 5) is 23.8. The molecule has 0 saturated heterocycles. The molecule has 0 bridgehead atoms. The summed E-state index contributed by atoms with van der Waals surface area (Å²) in [7, 11) is 0. The van der Waals surface area contributed by atoms with Crippen LogP contribution in [0.3, 0.4) is 0 Å². The van der Waals surface area contributed by atoms with Crippen molar-refractivity contribution >= 4 is 17.4 Å². The summed E-state index contributed by atoms with van der Waals surface area (Å²) < 4.78 is 25.8. The highest BCUT2D eigenvalue weighted by Crippen LogP contribution is 2.32. The number of halogens is 2. The molecule has 84 valence electrons. The number of hydrogen-bond donors (Lipinski definition) is 0. The van der Waals surface area contributed by atoms with Crippen LogP contribution in [-0.4, -0.2) is 24.9 Å². The van der Waals surface area contributed by atoms with E-state index in [4.69, 9.17) is 0 Å². The van der Waals surface area contributed by atoms with E-state index in [1.165, 1.54) is 12.1 Å². The first-order valence-corrected chi connectivity index (χ1v) is 4.78. The molecule has 1 heterocycles. The van der Waals surface area contributed by atoms with Crippen LogP contribution in [-0.2, 0) is 4.79 Å². The lowest BCUT2D eigenvalue weighted by Crippen LogP contribution is -2.31. The molecule has 0 atom stereocenters. The van der Waals surface area contributed by atoms with Crippen LogP contribution in [0.4, 0.5) is 14.5 Å². The van der Waals surface area contributed by atoms with E-state index in [1.807, 2.05) is 0 Å². The van der Waals surface area contributed by atoms with E-state index in [2.05, 4.69) is 0 Å². The summed E-state index contributed by atoms with van der Waals surface area (Å²) in [5, 5.41) is 0. The predicted octanol–water partition coefficient (Wildman–Crippen LogP) is 1.63. The maximum absolute atomic E-state index is 13.6. The summed E-state index contributed by atoms with van der Waals surface area (Å²) >= 11 is 0. The lowest BCUT2D eigenvalue weighted by atomic mass is 10.1. The van der Waals surface area contributed by atoms with Gasteiger partial charge in [0, 0.05) is 0 Å². The van der Waals surface area contributed by atoms with Gasteiger partial charge >= 0.3 is 0 Å². The van der Waals surface area contributed by atoms with Gasteiger partial charge in [-0.2, -0.15) is 0 Å². The Kier molecular flexibility index (Phi) is 2.46. The van der Waals surface area contributed by atoms with Crippen molar-refractivity contribution in [3.63, 3.8) is 0 Å². The van der Waals surface area contributed by atoms with Gasteiger partial charge < -0.3 is 0 Å². The number of carbonyl (C=O) groups excluding carboxylic acids is 2. The van der Waals surface area contributed by atoms with Crippen LogP contribution < -0.4 is 4.90 Å². The molecule has 1 amide bonds. The van der Waals surface area contributed by atoms with E-state index in [0.717, 1.165) is 4.90 Å². The minimum atomic E-state index is -0.864. The van der Waals surface area contributed by atoms with Crippen molar-refractivity contribution < 1.29 is 18.4 Å². The standard InChI is InChI=1S/C11H9F2NO2/c1-6-4-7-9(8(13)5-6)14(3-2-12)11(16)10(7)15/h4-5H,2-3H2,1H3. The second-order valence-corrected chi connectivity index (χ2v) is 3.62. The zero-order valence-corrected chi connectivity index (χ0v) is 8.59. The van der Waals surface area contributed by atoms with Crippen molar-refractivity contribution in [1.82, 2.24) is 0 Å². The van der Waals surface area contributed by atoms with E-state index in [0.29, 0.717) is 5.56 Å². The number of alkyl halides is 1. The Morgan fingerprint density at radius 2 is 2.00 bits per heavy atom. The Labute approximate surface area is 90.7 Å². The highest BCUT2D eigenvalue weighted by atomic mass is 19.1. The molecule has 16 heavy (non-hydrogen) atoms. The van der Waals surface area contributed by atoms with Crippen molar-refractivity contribution in [2.75, 3.05) is 18.1 Å². The molecule has 1 aromatic rings. The third-order valence-corrected chi connectivity index (χ3v) is 2.47. The molecule has 0 saturated carbocycles. The molecule has 0 N–H and O–H groups in total. The van der Waals surface area contributed by atoms with Gasteiger partial charge in [0.2, 0.25) is 0 Å². The fourth-order valence-corrected chi connectivity index (χ4v) is 1.82. The number of fused-ring (bicyclic) bond motifs is 1. The second kappa shape index (κ2) is 3.66. The molecule has 0 radical (unpaired) electrons. The first kappa shape index (κ1) is 10.7. The molecule has 2 rings (SSSR count). The van der Waals surface area contributed by atoms with Gasteiger partial charge in [-0.25, -0.2) is 8.78 Å². The third-order valence-electron chi connectivity index (χ3n) is 2.47. The van der Waals surface area contributed by atoms with Gasteiger partial charge in [0.1, 0.15) is 12.5 Å². The maximum Gasteiger partial charge on any atom is 0.299 e. The quantitative estimate of drug-likeness (QED) is 0.717. The lowest BCUT2D eigenvalue weighted by Gasteiger charge is -2.14. The van der Waals surface area contributed by atoms with Gasteiger partial charge in [-0.3, -0.25) is 14.5 Å². The number of Topliss-reactive ketones (excluding diaryl/α,β-unsaturated/α-hetero) is 1. The zero-order chi connectivity index (χ0) is 11.9. The van der Waals surface area contributed by atoms with Crippen molar-refractivity contribution in [2.24, 2.45) is 0 Å². The molecule has 0 spiro atoms. The third kappa shape index (κ3) is 1.39. The number of hydrogen-bond acceptors (Lipinski definition) is 2. The number of ketones is 1. The van der Waals surface area contributed by atoms with Crippen LogP contribution in [0, 0.1) is 12.7 Å². The monoisotopic (exact) mass is 225 g/mol. The van der Waals surface area contributed by atoms with Crippen LogP contribution in [0.1, 0.15) is 15.9 Å². The largest absolute Gasteiger partial charge is 0.299 e. The minimum Gasteiger partial charge on any atom is -0.299 e. The number of rotatable bonds is 2. The topological polar surface area (TPSA) is 37.4 Å². The van der Waals surface area contributed by atoms with Gasteiger partial charge in [-0.15, -0.1) is 0 Å². The fourth-order valence-electron chi connectivity index (χ4n) is 1.82. The average molecular weight is 225 g/mol. The SMILES string of the molecule is Cc1cc(F)c2c(c1)C(=O)C(=O)N2CCF. The molecule has 1 aliphatic heterocycles. The highest BCUT2D eigenvalue weighted by molar-refractivity contribution is 6.52. The predicted molar refractivity (Wildman–Crippen MR) is 53.8 cm³/mol. The molecular formula is C11H9F2NO2. The summed E-state index contributed by atoms with van der Waals surface area (Å²) in [6.07, 6.45) is 0. The normalized spacial score (nSPS) is 14.6. The highest BCUT2D eigenvalue weighted by Gasteiger charge is 2.37. The van der Waals surface area contributed by atoms with Crippen LogP contribution >= 0.6 is 0 Å². The summed E-state index contributed by atoms with van der Waals surface area (Å²) in [5.41, 5.74) is 0.480. The van der Waals surface area contributed by atoms with Crippen LogP contribution in [0.5, 0.6) is 0 Å². The number of aryl methyl sites for hydroxylation is 1. The maximum atomic E-state index is 13.6. The molecule has 1 aliphatic rings. The van der Waals surface area contributed by atoms with Crippen molar-refractivity contribution in [3.8, 4) is 0 Å². The minimum absolute atomic E-state index is 0.0240. The molecule has 0 unspecified atom stereocenters. The molecule has 0 aromatic heterocycles. The van der Waals surface area contributed by atoms with E-state index >= 15 is 0 Å². The van der Waals surface area contributed by atoms with E-state index in [-0.39, 0.29) is 17.8 Å². The Balaban J connectivity index is 2.60. The summed E-state index contributed by atoms with van der Waals surface area (Å²) in [5.74, 6) is -2.30. The number of carbonyl (C=O) groups is 2. The van der Waals surface area contributed by atoms with Gasteiger partial charge in [0.25, 0.3) is 11.7 Å². The molecule has 0 aliphatic carbocycles. The molecular weight excluding hydrogens is 216 g/mol. The number of nitrogens with zero attached hydrogens (tertiary/aromatic N) is 1. The van der Waals surface area contributed by atoms with Gasteiger partial charge in [0.15, 0.2) is 0 Å². The van der Waals surface area contributed by atoms with Crippen molar-refractivity contribution in [3.05, 3.63) is 29.1 Å². The smallest absolute Gasteiger partial charge is 0.299 e. The molecule has 1 aromatic carbocycles. The number of benzene rings is 1. The zero-order valence-electron chi connectivity index (χ0n) is 8.59. The van der Waals surface area contributed by atoms with Crippen molar-refractivity contribution in [2.45, 2.75) is 6.92 Å². The van der Waals surface area contributed by atoms with Gasteiger partial charge in [-0.1, -0.05) is 0 Å². The molecule has 5 heteroatoms. The first-order chi connectivity index (χ1) is 7.56. The van der Waals surface area contributed by atoms with Crippen molar-refractivity contribution in [1.29, 1.82) is 0 Å². The molecule has 3 nitrogen and oxygen atoms in total. The first-order valence-electron chi connectivity index (χ1n) is 4.78. The summed E-state index contributed by atoms with van der Waals surface area (Å²) in [6.45, 7) is 0.516. The van der Waals surface area contributed by atoms with E-state index < -0.39 is 24.2 Å². The Hall–Kier alpha value is -1.78. The van der Waals surface area contributed by atoms with Crippen LogP contribution in [0.2, 0.25) is 0 Å². The average Bonchev–Trinajstić information content (AvgIpc) is 2.44. The Morgan fingerprint density at radius 1 is 1.31 bits per heavy atom. The fraction of sp³-hybridized carbons (Fsp3) is 0.273. The van der Waals surface area contributed by atoms with Crippen LogP contribution in [0.15, 0.2) is 12.1 Å². The van der Waals surface area contributed by atoms with Gasteiger partial charge in [0.05, 0.1) is 17.8 Å². The Morgan fingerprint density at radius 3 is 2.62 bits per heavy atom. The lowest BCUT2D eigenvalue weighted by molar-refractivity contribution is -0.114. The Bertz CT molecular complexity index is 485. The van der Waals surface area contributed by atoms with E-state index in [1.54, 1.807) is 6.92 Å². The molecule has 0 fully saturated rings. The van der Waals surface area contributed by atoms with Crippen LogP contribution in [0.25, 0.3) is 0 Å². The van der Waals surface area contributed by atoms with E-state index in [9.17, 15) is 18.4 Å².